The van der Waals surface area contributed by atoms with Crippen LogP contribution in [0.4, 0.5) is 5.82 Å². The first-order chi connectivity index (χ1) is 9.29. The average molecular weight is 262 g/mol. The number of anilines is 1. The molecule has 0 amide bonds. The van der Waals surface area contributed by atoms with Crippen molar-refractivity contribution in [3.63, 3.8) is 0 Å². The predicted molar refractivity (Wildman–Crippen MR) is 72.3 cm³/mol. The van der Waals surface area contributed by atoms with Crippen molar-refractivity contribution in [1.82, 2.24) is 19.8 Å². The molecular formula is C12H18N6O. The van der Waals surface area contributed by atoms with Crippen LogP contribution in [0.2, 0.25) is 0 Å². The topological polar surface area (TPSA) is 92.3 Å². The molecule has 7 heteroatoms. The molecule has 3 N–H and O–H groups in total. The van der Waals surface area contributed by atoms with Crippen molar-refractivity contribution in [2.75, 3.05) is 18.0 Å². The number of aromatic amines is 1. The van der Waals surface area contributed by atoms with Gasteiger partial charge in [-0.15, -0.1) is 5.10 Å². The van der Waals surface area contributed by atoms with Gasteiger partial charge in [0.1, 0.15) is 5.82 Å². The third kappa shape index (κ3) is 2.21. The number of hydrogen-bond acceptors (Lipinski definition) is 5. The highest BCUT2D eigenvalue weighted by Gasteiger charge is 2.23. The Kier molecular flexibility index (Phi) is 3.20. The fourth-order valence-electron chi connectivity index (χ4n) is 2.79. The highest BCUT2D eigenvalue weighted by molar-refractivity contribution is 5.45. The molecule has 2 aromatic heterocycles. The molecule has 19 heavy (non-hydrogen) atoms. The lowest BCUT2D eigenvalue weighted by atomic mass is 10.2. The first-order valence-electron chi connectivity index (χ1n) is 6.71. The van der Waals surface area contributed by atoms with E-state index in [0.29, 0.717) is 18.2 Å². The quantitative estimate of drug-likeness (QED) is 0.816. The summed E-state index contributed by atoms with van der Waals surface area (Å²) < 4.78 is 1.30. The van der Waals surface area contributed by atoms with Crippen molar-refractivity contribution < 1.29 is 0 Å². The molecule has 1 aliphatic rings. The molecular weight excluding hydrogens is 244 g/mol. The van der Waals surface area contributed by atoms with Crippen LogP contribution in [0.15, 0.2) is 16.9 Å². The van der Waals surface area contributed by atoms with E-state index in [9.17, 15) is 4.79 Å². The highest BCUT2D eigenvalue weighted by Crippen LogP contribution is 2.26. The van der Waals surface area contributed by atoms with Crippen LogP contribution in [0.5, 0.6) is 0 Å². The van der Waals surface area contributed by atoms with Gasteiger partial charge in [-0.1, -0.05) is 12.8 Å². The van der Waals surface area contributed by atoms with Crippen LogP contribution >= 0.6 is 0 Å². The summed E-state index contributed by atoms with van der Waals surface area (Å²) in [5, 5.41) is 10.7. The Balaban J connectivity index is 1.98. The zero-order chi connectivity index (χ0) is 13.2. The summed E-state index contributed by atoms with van der Waals surface area (Å²) in [6.45, 7) is 1.34. The molecule has 0 unspecified atom stereocenters. The summed E-state index contributed by atoms with van der Waals surface area (Å²) in [5.74, 6) is 0.799. The Morgan fingerprint density at radius 3 is 2.95 bits per heavy atom. The Bertz CT molecular complexity index is 612. The number of hydrogen-bond donors (Lipinski definition) is 2. The van der Waals surface area contributed by atoms with Gasteiger partial charge >= 0.3 is 5.69 Å². The van der Waals surface area contributed by atoms with Crippen molar-refractivity contribution in [3.8, 4) is 0 Å². The van der Waals surface area contributed by atoms with Crippen LogP contribution in [-0.4, -0.2) is 38.9 Å². The van der Waals surface area contributed by atoms with E-state index in [1.807, 2.05) is 6.07 Å². The zero-order valence-electron chi connectivity index (χ0n) is 10.7. The minimum absolute atomic E-state index is 0.309. The fourth-order valence-corrected chi connectivity index (χ4v) is 2.79. The Hall–Kier alpha value is -1.89. The van der Waals surface area contributed by atoms with E-state index in [0.717, 1.165) is 12.4 Å². The Morgan fingerprint density at radius 1 is 1.42 bits per heavy atom. The lowest BCUT2D eigenvalue weighted by Gasteiger charge is -2.29. The second-order valence-electron chi connectivity index (χ2n) is 4.91. The Morgan fingerprint density at radius 2 is 2.21 bits per heavy atom. The van der Waals surface area contributed by atoms with Crippen molar-refractivity contribution in [1.29, 1.82) is 0 Å². The molecule has 1 aliphatic carbocycles. The minimum atomic E-state index is -0.309. The third-order valence-electron chi connectivity index (χ3n) is 3.69. The zero-order valence-corrected chi connectivity index (χ0v) is 10.7. The summed E-state index contributed by atoms with van der Waals surface area (Å²) in [5.41, 5.74) is 5.93. The van der Waals surface area contributed by atoms with E-state index < -0.39 is 0 Å². The smallest absolute Gasteiger partial charge is 0.351 e. The normalized spacial score (nSPS) is 16.3. The third-order valence-corrected chi connectivity index (χ3v) is 3.69. The first-order valence-corrected chi connectivity index (χ1v) is 6.71. The fraction of sp³-hybridized carbons (Fsp3) is 0.583. The van der Waals surface area contributed by atoms with Crippen molar-refractivity contribution >= 4 is 11.5 Å². The SMILES string of the molecule is NCCN(c1ccc2n[nH]c(=O)n2n1)C1CCCC1. The molecule has 2 aromatic rings. The van der Waals surface area contributed by atoms with Crippen LogP contribution in [0.25, 0.3) is 5.65 Å². The number of H-pyrrole nitrogens is 1. The summed E-state index contributed by atoms with van der Waals surface area (Å²) in [4.78, 5) is 13.8. The monoisotopic (exact) mass is 262 g/mol. The van der Waals surface area contributed by atoms with Crippen LogP contribution in [-0.2, 0) is 0 Å². The maximum atomic E-state index is 11.6. The van der Waals surface area contributed by atoms with Crippen molar-refractivity contribution in [2.45, 2.75) is 31.7 Å². The van der Waals surface area contributed by atoms with Gasteiger partial charge in [0.15, 0.2) is 5.65 Å². The molecule has 3 rings (SSSR count). The van der Waals surface area contributed by atoms with E-state index in [1.165, 1.54) is 30.2 Å². The minimum Gasteiger partial charge on any atom is -0.351 e. The molecule has 0 radical (unpaired) electrons. The standard InChI is InChI=1S/C12H18N6O/c13-7-8-17(9-3-1-2-4-9)11-6-5-10-14-15-12(19)18(10)16-11/h5-6,9H,1-4,7-8,13H2,(H,15,19). The first kappa shape index (κ1) is 12.2. The van der Waals surface area contributed by atoms with Crippen molar-refractivity contribution in [3.05, 3.63) is 22.6 Å². The molecule has 102 valence electrons. The number of rotatable bonds is 4. The number of aromatic nitrogens is 4. The van der Waals surface area contributed by atoms with Gasteiger partial charge in [-0.05, 0) is 25.0 Å². The maximum absolute atomic E-state index is 11.6. The van der Waals surface area contributed by atoms with E-state index in [-0.39, 0.29) is 5.69 Å². The molecule has 0 saturated heterocycles. The largest absolute Gasteiger partial charge is 0.364 e. The summed E-state index contributed by atoms with van der Waals surface area (Å²) in [6.07, 6.45) is 4.83. The number of nitrogens with zero attached hydrogens (tertiary/aromatic N) is 4. The summed E-state index contributed by atoms with van der Waals surface area (Å²) in [7, 11) is 0. The lowest BCUT2D eigenvalue weighted by molar-refractivity contribution is 0.596. The van der Waals surface area contributed by atoms with Crippen LogP contribution in [0.1, 0.15) is 25.7 Å². The summed E-state index contributed by atoms with van der Waals surface area (Å²) in [6, 6.07) is 4.19. The van der Waals surface area contributed by atoms with E-state index in [2.05, 4.69) is 20.2 Å². The lowest BCUT2D eigenvalue weighted by Crippen LogP contribution is -2.38. The molecule has 1 saturated carbocycles. The van der Waals surface area contributed by atoms with Crippen molar-refractivity contribution in [2.24, 2.45) is 5.73 Å². The number of nitrogens with two attached hydrogens (primary N) is 1. The maximum Gasteiger partial charge on any atom is 0.364 e. The van der Waals surface area contributed by atoms with Gasteiger partial charge in [-0.3, -0.25) is 0 Å². The molecule has 0 aliphatic heterocycles. The van der Waals surface area contributed by atoms with Gasteiger partial charge < -0.3 is 10.6 Å². The number of nitrogens with one attached hydrogen (secondary N) is 1. The molecule has 2 heterocycles. The molecule has 0 spiro atoms. The van der Waals surface area contributed by atoms with Gasteiger partial charge in [0, 0.05) is 19.1 Å². The van der Waals surface area contributed by atoms with Crippen LogP contribution < -0.4 is 16.3 Å². The van der Waals surface area contributed by atoms with Crippen LogP contribution in [0, 0.1) is 0 Å². The van der Waals surface area contributed by atoms with Gasteiger partial charge in [0.25, 0.3) is 0 Å². The van der Waals surface area contributed by atoms with Gasteiger partial charge in [0.2, 0.25) is 0 Å². The second-order valence-corrected chi connectivity index (χ2v) is 4.91. The molecule has 1 fully saturated rings. The predicted octanol–water partition coefficient (Wildman–Crippen LogP) is 0.125. The van der Waals surface area contributed by atoms with E-state index >= 15 is 0 Å². The average Bonchev–Trinajstić information content (AvgIpc) is 3.06. The second kappa shape index (κ2) is 5.00. The molecule has 7 nitrogen and oxygen atoms in total. The molecule has 0 aromatic carbocycles. The molecule has 0 bridgehead atoms. The van der Waals surface area contributed by atoms with E-state index in [4.69, 9.17) is 5.73 Å². The van der Waals surface area contributed by atoms with Crippen LogP contribution in [0.3, 0.4) is 0 Å². The number of fused-ring (bicyclic) bond motifs is 1. The van der Waals surface area contributed by atoms with Gasteiger partial charge in [-0.25, -0.2) is 9.89 Å². The summed E-state index contributed by atoms with van der Waals surface area (Å²) >= 11 is 0. The van der Waals surface area contributed by atoms with Gasteiger partial charge in [-0.2, -0.15) is 9.61 Å². The Labute approximate surface area is 110 Å². The highest BCUT2D eigenvalue weighted by atomic mass is 16.2. The van der Waals surface area contributed by atoms with E-state index in [1.54, 1.807) is 6.07 Å². The molecule has 0 atom stereocenters. The van der Waals surface area contributed by atoms with Gasteiger partial charge in [0.05, 0.1) is 0 Å².